The molecule has 0 saturated carbocycles. The predicted octanol–water partition coefficient (Wildman–Crippen LogP) is 5.74. The Morgan fingerprint density at radius 3 is 2.44 bits per heavy atom. The van der Waals surface area contributed by atoms with Gasteiger partial charge >= 0.3 is 10.8 Å². The average Bonchev–Trinajstić information content (AvgIpc) is 3.74. The number of carbonyl (C=O) groups excluding carboxylic acids is 4. The van der Waals surface area contributed by atoms with Gasteiger partial charge in [-0.2, -0.15) is 0 Å². The van der Waals surface area contributed by atoms with E-state index in [-0.39, 0.29) is 29.8 Å². The number of nitrogens with zero attached hydrogens (tertiary/aromatic N) is 2. The molecule has 226 valence electrons. The monoisotopic (exact) mass is 655 g/mol. The highest BCUT2D eigenvalue weighted by Crippen LogP contribution is 2.54. The minimum atomic E-state index is -0.803. The van der Waals surface area contributed by atoms with Crippen LogP contribution in [0, 0.1) is 5.92 Å². The number of anilines is 2. The molecule has 2 aliphatic rings. The van der Waals surface area contributed by atoms with Crippen LogP contribution in [0.2, 0.25) is 0 Å². The van der Waals surface area contributed by atoms with Crippen LogP contribution in [0.25, 0.3) is 10.8 Å². The van der Waals surface area contributed by atoms with Crippen LogP contribution in [0.4, 0.5) is 11.4 Å². The third kappa shape index (κ3) is 5.08. The molecule has 2 aliphatic heterocycles. The Labute approximate surface area is 269 Å². The molecular formula is C33H25N3O6S3. The van der Waals surface area contributed by atoms with Gasteiger partial charge in [-0.1, -0.05) is 65.6 Å². The molecule has 0 bridgehead atoms. The molecule has 12 heteroatoms. The van der Waals surface area contributed by atoms with E-state index >= 15 is 0 Å². The van der Waals surface area contributed by atoms with Gasteiger partial charge in [0, 0.05) is 26.7 Å². The van der Waals surface area contributed by atoms with E-state index in [1.54, 1.807) is 19.1 Å². The third-order valence-electron chi connectivity index (χ3n) is 7.90. The number of ether oxygens (including phenoxy) is 1. The molecule has 3 atom stereocenters. The number of nitrogens with one attached hydrogen (secondary N) is 1. The number of esters is 1. The van der Waals surface area contributed by atoms with Gasteiger partial charge in [-0.05, 0) is 54.1 Å². The molecule has 1 N–H and O–H groups in total. The lowest BCUT2D eigenvalue weighted by Gasteiger charge is -2.29. The zero-order valence-corrected chi connectivity index (χ0v) is 26.2. The van der Waals surface area contributed by atoms with Gasteiger partial charge in [0.25, 0.3) is 0 Å². The first kappa shape index (κ1) is 29.2. The largest absolute Gasteiger partial charge is 0.462 e. The van der Waals surface area contributed by atoms with E-state index in [4.69, 9.17) is 4.74 Å². The first-order valence-corrected chi connectivity index (χ1v) is 16.8. The molecule has 3 amide bonds. The number of rotatable bonds is 7. The van der Waals surface area contributed by atoms with Gasteiger partial charge in [-0.25, -0.2) is 9.69 Å². The zero-order valence-electron chi connectivity index (χ0n) is 23.8. The molecule has 5 aromatic rings. The molecule has 2 aromatic heterocycles. The summed E-state index contributed by atoms with van der Waals surface area (Å²) in [6.07, 6.45) is 0. The quantitative estimate of drug-likeness (QED) is 0.176. The molecule has 4 heterocycles. The molecule has 9 nitrogen and oxygen atoms in total. The smallest absolute Gasteiger partial charge is 0.338 e. The summed E-state index contributed by atoms with van der Waals surface area (Å²) in [5.41, 5.74) is 1.31. The summed E-state index contributed by atoms with van der Waals surface area (Å²) < 4.78 is 6.46. The fourth-order valence-electron chi connectivity index (χ4n) is 5.91. The molecule has 3 aromatic carbocycles. The lowest BCUT2D eigenvalue weighted by Crippen LogP contribution is -2.32. The summed E-state index contributed by atoms with van der Waals surface area (Å²) in [4.78, 5) is 69.2. The van der Waals surface area contributed by atoms with Gasteiger partial charge in [-0.3, -0.25) is 23.7 Å². The zero-order chi connectivity index (χ0) is 31.2. The number of hydrogen-bond acceptors (Lipinski definition) is 9. The van der Waals surface area contributed by atoms with Crippen molar-refractivity contribution in [1.29, 1.82) is 0 Å². The van der Waals surface area contributed by atoms with Crippen molar-refractivity contribution in [2.75, 3.05) is 16.8 Å². The topological polar surface area (TPSA) is 115 Å². The number of benzene rings is 3. The summed E-state index contributed by atoms with van der Waals surface area (Å²) in [6, 6.07) is 23.3. The van der Waals surface area contributed by atoms with Crippen molar-refractivity contribution < 1.29 is 23.9 Å². The van der Waals surface area contributed by atoms with Crippen LogP contribution in [-0.4, -0.2) is 40.1 Å². The lowest BCUT2D eigenvalue weighted by atomic mass is 9.87. The molecule has 0 aliphatic carbocycles. The third-order valence-corrected chi connectivity index (χ3v) is 11.5. The highest BCUT2D eigenvalue weighted by Gasteiger charge is 2.57. The maximum absolute atomic E-state index is 14.0. The van der Waals surface area contributed by atoms with Gasteiger partial charge in [-0.15, -0.1) is 11.3 Å². The molecule has 2 unspecified atom stereocenters. The summed E-state index contributed by atoms with van der Waals surface area (Å²) in [6.45, 7) is 1.71. The second kappa shape index (κ2) is 11.8. The van der Waals surface area contributed by atoms with E-state index in [9.17, 15) is 24.0 Å². The number of thiophene rings is 1. The molecular weight excluding hydrogens is 631 g/mol. The Kier molecular flexibility index (Phi) is 7.64. The summed E-state index contributed by atoms with van der Waals surface area (Å²) in [5, 5.41) is 6.43. The Bertz CT molecular complexity index is 2030. The number of fused-ring (bicyclic) bond motifs is 3. The Morgan fingerprint density at radius 1 is 0.911 bits per heavy atom. The van der Waals surface area contributed by atoms with Crippen LogP contribution >= 0.6 is 34.4 Å². The molecule has 0 spiro atoms. The number of amides is 3. The van der Waals surface area contributed by atoms with Crippen molar-refractivity contribution in [3.63, 3.8) is 0 Å². The maximum atomic E-state index is 14.0. The van der Waals surface area contributed by atoms with Gasteiger partial charge in [0.1, 0.15) is 11.8 Å². The Balaban J connectivity index is 1.22. The molecule has 1 saturated heterocycles. The van der Waals surface area contributed by atoms with Crippen molar-refractivity contribution in [1.82, 2.24) is 4.57 Å². The maximum Gasteiger partial charge on any atom is 0.338 e. The van der Waals surface area contributed by atoms with Crippen LogP contribution in [0.5, 0.6) is 0 Å². The molecule has 7 rings (SSSR count). The van der Waals surface area contributed by atoms with E-state index in [1.165, 1.54) is 32.9 Å². The first-order valence-electron chi connectivity index (χ1n) is 14.2. The van der Waals surface area contributed by atoms with Crippen molar-refractivity contribution in [3.05, 3.63) is 109 Å². The van der Waals surface area contributed by atoms with Gasteiger partial charge < -0.3 is 10.1 Å². The Morgan fingerprint density at radius 2 is 1.69 bits per heavy atom. The minimum Gasteiger partial charge on any atom is -0.462 e. The van der Waals surface area contributed by atoms with Crippen molar-refractivity contribution in [3.8, 4) is 0 Å². The van der Waals surface area contributed by atoms with Crippen LogP contribution in [-0.2, 0) is 25.7 Å². The average molecular weight is 656 g/mol. The van der Waals surface area contributed by atoms with Gasteiger partial charge in [0.15, 0.2) is 0 Å². The standard InChI is InChI=1S/C33H25N3O6S3/c1-2-42-32(40)19-12-14-20(15-13-19)36-29(38)26-25(23-11-6-16-43-23)28-31(44-27(26)30(36)39)35(33(41)45-28)17-24(37)34-22-10-5-8-18-7-3-4-9-21(18)22/h3-16,25-27H,2,17H2,1H3,(H,34,37)/t25-,26?,27?/m1/s1. The number of hydrogen-bond donors (Lipinski definition) is 1. The number of thiazole rings is 1. The Hall–Kier alpha value is -4.52. The molecule has 0 radical (unpaired) electrons. The van der Waals surface area contributed by atoms with Crippen molar-refractivity contribution in [2.45, 2.75) is 29.7 Å². The normalized spacial score (nSPS) is 19.0. The highest BCUT2D eigenvalue weighted by molar-refractivity contribution is 8.00. The second-order valence-corrected chi connectivity index (χ2v) is 13.6. The fourth-order valence-corrected chi connectivity index (χ4v) is 9.63. The fraction of sp³-hybridized carbons (Fsp3) is 0.182. The van der Waals surface area contributed by atoms with Crippen LogP contribution in [0.15, 0.2) is 94.1 Å². The van der Waals surface area contributed by atoms with E-state index in [0.29, 0.717) is 26.8 Å². The van der Waals surface area contributed by atoms with Crippen molar-refractivity contribution in [2.24, 2.45) is 5.92 Å². The van der Waals surface area contributed by atoms with E-state index in [1.807, 2.05) is 60.0 Å². The van der Waals surface area contributed by atoms with E-state index in [0.717, 1.165) is 38.7 Å². The highest BCUT2D eigenvalue weighted by atomic mass is 32.2. The van der Waals surface area contributed by atoms with Crippen molar-refractivity contribution >= 4 is 80.3 Å². The predicted molar refractivity (Wildman–Crippen MR) is 175 cm³/mol. The minimum absolute atomic E-state index is 0.231. The van der Waals surface area contributed by atoms with Gasteiger partial charge in [0.2, 0.25) is 17.7 Å². The van der Waals surface area contributed by atoms with Gasteiger partial charge in [0.05, 0.1) is 28.8 Å². The first-order chi connectivity index (χ1) is 21.9. The van der Waals surface area contributed by atoms with E-state index in [2.05, 4.69) is 5.32 Å². The second-order valence-electron chi connectivity index (χ2n) is 10.5. The van der Waals surface area contributed by atoms with Crippen LogP contribution in [0.3, 0.4) is 0 Å². The molecule has 45 heavy (non-hydrogen) atoms. The lowest BCUT2D eigenvalue weighted by molar-refractivity contribution is -0.122. The SMILES string of the molecule is CCOC(=O)c1ccc(N2C(=O)C3Sc4c(sc(=O)n4CC(=O)Nc4cccc5ccccc45)[C@H](c4cccs4)C3C2=O)cc1. The van der Waals surface area contributed by atoms with Crippen LogP contribution < -0.4 is 15.1 Å². The number of aromatic nitrogens is 1. The summed E-state index contributed by atoms with van der Waals surface area (Å²) >= 11 is 3.63. The van der Waals surface area contributed by atoms with E-state index < -0.39 is 29.0 Å². The molecule has 1 fully saturated rings. The number of thioether (sulfide) groups is 1. The summed E-state index contributed by atoms with van der Waals surface area (Å²) in [5.74, 6) is -2.90. The summed E-state index contributed by atoms with van der Waals surface area (Å²) in [7, 11) is 0. The number of carbonyl (C=O) groups is 4. The van der Waals surface area contributed by atoms with Crippen LogP contribution in [0.1, 0.15) is 33.0 Å². The number of imide groups is 1.